The third kappa shape index (κ3) is 2.85. The molecule has 0 saturated carbocycles. The maximum absolute atomic E-state index is 12.5. The van der Waals surface area contributed by atoms with Crippen LogP contribution in [0.25, 0.3) is 22.6 Å². The van der Waals surface area contributed by atoms with Gasteiger partial charge in [0.05, 0.1) is 0 Å². The normalized spacial score (nSPS) is 14.3. The molecule has 28 heavy (non-hydrogen) atoms. The van der Waals surface area contributed by atoms with Gasteiger partial charge in [0.1, 0.15) is 12.4 Å². The molecule has 4 heteroatoms. The molecule has 1 amide bonds. The molecule has 1 aliphatic rings. The molecule has 0 aliphatic carbocycles. The van der Waals surface area contributed by atoms with Gasteiger partial charge in [-0.05, 0) is 29.8 Å². The fourth-order valence-electron chi connectivity index (χ4n) is 3.58. The number of anilines is 1. The lowest BCUT2D eigenvalue weighted by Gasteiger charge is -2.08. The Balaban J connectivity index is 1.55. The van der Waals surface area contributed by atoms with E-state index in [4.69, 9.17) is 4.74 Å². The molecule has 0 fully saturated rings. The van der Waals surface area contributed by atoms with Crippen molar-refractivity contribution in [1.29, 1.82) is 0 Å². The zero-order valence-corrected chi connectivity index (χ0v) is 15.1. The van der Waals surface area contributed by atoms with Crippen molar-refractivity contribution in [2.75, 3.05) is 5.32 Å². The van der Waals surface area contributed by atoms with Gasteiger partial charge in [0.25, 0.3) is 5.91 Å². The lowest BCUT2D eigenvalue weighted by molar-refractivity contribution is -0.110. The Labute approximate surface area is 162 Å². The Morgan fingerprint density at radius 2 is 1.71 bits per heavy atom. The molecule has 4 nitrogen and oxygen atoms in total. The number of ether oxygens (including phenoxy) is 1. The van der Waals surface area contributed by atoms with E-state index in [0.29, 0.717) is 12.2 Å². The van der Waals surface area contributed by atoms with Crippen LogP contribution in [0, 0.1) is 0 Å². The van der Waals surface area contributed by atoms with E-state index in [1.54, 1.807) is 0 Å². The highest BCUT2D eigenvalue weighted by molar-refractivity contribution is 6.35. The number of para-hydroxylation sites is 1. The first-order chi connectivity index (χ1) is 13.8. The minimum absolute atomic E-state index is 0.0850. The van der Waals surface area contributed by atoms with E-state index in [-0.39, 0.29) is 5.91 Å². The topological polar surface area (TPSA) is 54.1 Å². The predicted octanol–water partition coefficient (Wildman–Crippen LogP) is 5.24. The van der Waals surface area contributed by atoms with Crippen LogP contribution in [-0.2, 0) is 11.4 Å². The van der Waals surface area contributed by atoms with Crippen LogP contribution in [0.2, 0.25) is 0 Å². The fraction of sp³-hybridized carbons (Fsp3) is 0.0417. The van der Waals surface area contributed by atoms with Crippen molar-refractivity contribution in [2.45, 2.75) is 6.61 Å². The standard InChI is InChI=1S/C24H18N2O2/c27-24-19(18-9-4-5-10-20(18)26-24)13-17-14-25-21-11-6-12-22(23(17)21)28-15-16-7-2-1-3-8-16/h1-14,25H,15H2,(H,26,27)/b19-13-. The number of hydrogen-bond donors (Lipinski definition) is 2. The first-order valence-corrected chi connectivity index (χ1v) is 9.19. The summed E-state index contributed by atoms with van der Waals surface area (Å²) in [7, 11) is 0. The summed E-state index contributed by atoms with van der Waals surface area (Å²) < 4.78 is 6.12. The van der Waals surface area contributed by atoms with Crippen molar-refractivity contribution in [3.05, 3.63) is 95.7 Å². The number of carbonyl (C=O) groups excluding carboxylic acids is 1. The van der Waals surface area contributed by atoms with Crippen LogP contribution in [-0.4, -0.2) is 10.9 Å². The monoisotopic (exact) mass is 366 g/mol. The summed E-state index contributed by atoms with van der Waals surface area (Å²) >= 11 is 0. The van der Waals surface area contributed by atoms with E-state index in [2.05, 4.69) is 10.3 Å². The maximum Gasteiger partial charge on any atom is 0.256 e. The predicted molar refractivity (Wildman–Crippen MR) is 112 cm³/mol. The quantitative estimate of drug-likeness (QED) is 0.485. The Kier molecular flexibility index (Phi) is 3.95. The molecule has 3 aromatic carbocycles. The fourth-order valence-corrected chi connectivity index (χ4v) is 3.58. The van der Waals surface area contributed by atoms with Gasteiger partial charge in [0, 0.05) is 39.5 Å². The van der Waals surface area contributed by atoms with Gasteiger partial charge in [-0.1, -0.05) is 54.6 Å². The number of benzene rings is 3. The Morgan fingerprint density at radius 1 is 0.893 bits per heavy atom. The molecule has 0 spiro atoms. The van der Waals surface area contributed by atoms with Crippen LogP contribution in [0.5, 0.6) is 5.75 Å². The number of aromatic amines is 1. The van der Waals surface area contributed by atoms with Crippen molar-refractivity contribution < 1.29 is 9.53 Å². The molecular formula is C24H18N2O2. The zero-order chi connectivity index (χ0) is 18.9. The number of fused-ring (bicyclic) bond motifs is 2. The molecular weight excluding hydrogens is 348 g/mol. The van der Waals surface area contributed by atoms with Gasteiger partial charge in [-0.15, -0.1) is 0 Å². The zero-order valence-electron chi connectivity index (χ0n) is 15.1. The summed E-state index contributed by atoms with van der Waals surface area (Å²) in [6, 6.07) is 23.7. The Hall–Kier alpha value is -3.79. The molecule has 2 N–H and O–H groups in total. The second-order valence-electron chi connectivity index (χ2n) is 6.75. The number of rotatable bonds is 4. The first kappa shape index (κ1) is 16.4. The van der Waals surface area contributed by atoms with Crippen LogP contribution in [0.4, 0.5) is 5.69 Å². The van der Waals surface area contributed by atoms with Gasteiger partial charge < -0.3 is 15.0 Å². The maximum atomic E-state index is 12.5. The Bertz CT molecular complexity index is 1210. The van der Waals surface area contributed by atoms with Crippen molar-refractivity contribution in [3.8, 4) is 5.75 Å². The van der Waals surface area contributed by atoms with Crippen molar-refractivity contribution in [3.63, 3.8) is 0 Å². The van der Waals surface area contributed by atoms with Crippen LogP contribution in [0.15, 0.2) is 79.0 Å². The van der Waals surface area contributed by atoms with Crippen LogP contribution < -0.4 is 10.1 Å². The van der Waals surface area contributed by atoms with Crippen molar-refractivity contribution in [1.82, 2.24) is 4.98 Å². The smallest absolute Gasteiger partial charge is 0.256 e. The molecule has 0 bridgehead atoms. The largest absolute Gasteiger partial charge is 0.488 e. The number of nitrogens with one attached hydrogen (secondary N) is 2. The summed E-state index contributed by atoms with van der Waals surface area (Å²) in [5, 5.41) is 3.90. The molecule has 1 aromatic heterocycles. The summed E-state index contributed by atoms with van der Waals surface area (Å²) in [6.07, 6.45) is 3.84. The second-order valence-corrected chi connectivity index (χ2v) is 6.75. The summed E-state index contributed by atoms with van der Waals surface area (Å²) in [5.74, 6) is 0.708. The molecule has 0 unspecified atom stereocenters. The minimum Gasteiger partial charge on any atom is -0.488 e. The molecule has 4 aromatic rings. The number of aromatic nitrogens is 1. The summed E-state index contributed by atoms with van der Waals surface area (Å²) in [5.41, 5.74) is 5.45. The van der Waals surface area contributed by atoms with Gasteiger partial charge in [-0.3, -0.25) is 4.79 Å². The Morgan fingerprint density at radius 3 is 2.61 bits per heavy atom. The van der Waals surface area contributed by atoms with Crippen molar-refractivity contribution in [2.24, 2.45) is 0 Å². The highest BCUT2D eigenvalue weighted by Crippen LogP contribution is 2.36. The lowest BCUT2D eigenvalue weighted by atomic mass is 10.0. The third-order valence-electron chi connectivity index (χ3n) is 4.95. The van der Waals surface area contributed by atoms with Gasteiger partial charge >= 0.3 is 0 Å². The molecule has 0 radical (unpaired) electrons. The van der Waals surface area contributed by atoms with Crippen LogP contribution in [0.1, 0.15) is 16.7 Å². The number of amides is 1. The van der Waals surface area contributed by atoms with Gasteiger partial charge in [-0.2, -0.15) is 0 Å². The minimum atomic E-state index is -0.0850. The van der Waals surface area contributed by atoms with E-state index >= 15 is 0 Å². The van der Waals surface area contributed by atoms with E-state index in [0.717, 1.165) is 39.0 Å². The highest BCUT2D eigenvalue weighted by atomic mass is 16.5. The molecule has 136 valence electrons. The number of hydrogen-bond acceptors (Lipinski definition) is 2. The van der Waals surface area contributed by atoms with Crippen molar-refractivity contribution >= 4 is 34.1 Å². The van der Waals surface area contributed by atoms with Gasteiger partial charge in [0.15, 0.2) is 0 Å². The average molecular weight is 366 g/mol. The lowest BCUT2D eigenvalue weighted by Crippen LogP contribution is -2.03. The molecule has 1 aliphatic heterocycles. The summed E-state index contributed by atoms with van der Waals surface area (Å²) in [4.78, 5) is 15.8. The number of H-pyrrole nitrogens is 1. The van der Waals surface area contributed by atoms with E-state index in [9.17, 15) is 4.79 Å². The molecule has 5 rings (SSSR count). The van der Waals surface area contributed by atoms with E-state index in [1.165, 1.54) is 0 Å². The van der Waals surface area contributed by atoms with Gasteiger partial charge in [0.2, 0.25) is 0 Å². The number of carbonyl (C=O) groups is 1. The SMILES string of the molecule is O=C1Nc2ccccc2/C1=C/c1c[nH]c2cccc(OCc3ccccc3)c12. The van der Waals surface area contributed by atoms with Gasteiger partial charge in [-0.25, -0.2) is 0 Å². The van der Waals surface area contributed by atoms with Crippen LogP contribution >= 0.6 is 0 Å². The highest BCUT2D eigenvalue weighted by Gasteiger charge is 2.24. The average Bonchev–Trinajstić information content (AvgIpc) is 3.29. The second kappa shape index (κ2) is 6.74. The summed E-state index contributed by atoms with van der Waals surface area (Å²) in [6.45, 7) is 0.491. The molecule has 0 saturated heterocycles. The van der Waals surface area contributed by atoms with E-state index < -0.39 is 0 Å². The third-order valence-corrected chi connectivity index (χ3v) is 4.95. The first-order valence-electron chi connectivity index (χ1n) is 9.19. The molecule has 0 atom stereocenters. The molecule has 2 heterocycles. The van der Waals surface area contributed by atoms with E-state index in [1.807, 2.05) is 85.1 Å². The van der Waals surface area contributed by atoms with Crippen LogP contribution in [0.3, 0.4) is 0 Å².